The summed E-state index contributed by atoms with van der Waals surface area (Å²) < 4.78 is 2.12. The third kappa shape index (κ3) is 2.08. The molecule has 80 valence electrons. The quantitative estimate of drug-likeness (QED) is 0.859. The molecule has 0 saturated heterocycles. The predicted molar refractivity (Wildman–Crippen MR) is 61.5 cm³/mol. The minimum atomic E-state index is 0.498. The van der Waals surface area contributed by atoms with E-state index in [2.05, 4.69) is 21.5 Å². The number of rotatable bonds is 4. The van der Waals surface area contributed by atoms with Gasteiger partial charge in [-0.05, 0) is 6.42 Å². The van der Waals surface area contributed by atoms with Crippen molar-refractivity contribution in [2.75, 3.05) is 0 Å². The Morgan fingerprint density at radius 1 is 1.53 bits per heavy atom. The van der Waals surface area contributed by atoms with Crippen LogP contribution in [0.2, 0.25) is 0 Å². The number of hydrogen-bond donors (Lipinski definition) is 1. The second-order valence-corrected chi connectivity index (χ2v) is 4.18. The summed E-state index contributed by atoms with van der Waals surface area (Å²) in [5.41, 5.74) is 7.56. The summed E-state index contributed by atoms with van der Waals surface area (Å²) in [6.45, 7) is 3.63. The molecular weight excluding hydrogens is 208 g/mol. The molecular formula is C10H14N4S. The highest BCUT2D eigenvalue weighted by Gasteiger charge is 2.08. The Balaban J connectivity index is 2.31. The lowest BCUT2D eigenvalue weighted by molar-refractivity contribution is 0.683. The van der Waals surface area contributed by atoms with Crippen LogP contribution < -0.4 is 5.73 Å². The lowest BCUT2D eigenvalue weighted by Crippen LogP contribution is -1.98. The van der Waals surface area contributed by atoms with Gasteiger partial charge in [-0.1, -0.05) is 6.92 Å². The molecule has 0 unspecified atom stereocenters. The molecule has 0 bridgehead atoms. The fourth-order valence-electron chi connectivity index (χ4n) is 1.44. The number of aromatic nitrogens is 3. The first-order valence-electron chi connectivity index (χ1n) is 5.00. The zero-order chi connectivity index (χ0) is 10.7. The van der Waals surface area contributed by atoms with Crippen LogP contribution in [0.25, 0.3) is 10.7 Å². The maximum absolute atomic E-state index is 5.54. The van der Waals surface area contributed by atoms with E-state index in [1.807, 2.05) is 17.9 Å². The van der Waals surface area contributed by atoms with Crippen LogP contribution in [0.5, 0.6) is 0 Å². The molecule has 0 fully saturated rings. The minimum Gasteiger partial charge on any atom is -0.329 e. The van der Waals surface area contributed by atoms with Crippen molar-refractivity contribution in [2.45, 2.75) is 26.4 Å². The molecule has 4 nitrogen and oxygen atoms in total. The molecule has 15 heavy (non-hydrogen) atoms. The first kappa shape index (κ1) is 10.3. The van der Waals surface area contributed by atoms with Crippen molar-refractivity contribution in [1.82, 2.24) is 14.5 Å². The first-order valence-corrected chi connectivity index (χ1v) is 5.88. The van der Waals surface area contributed by atoms with E-state index in [0.29, 0.717) is 6.54 Å². The smallest absolute Gasteiger partial charge is 0.141 e. The van der Waals surface area contributed by atoms with Crippen LogP contribution >= 0.6 is 11.3 Å². The molecule has 2 aromatic heterocycles. The third-order valence-corrected chi connectivity index (χ3v) is 3.07. The van der Waals surface area contributed by atoms with Crippen LogP contribution in [-0.4, -0.2) is 14.5 Å². The highest BCUT2D eigenvalue weighted by Crippen LogP contribution is 2.23. The van der Waals surface area contributed by atoms with Crippen molar-refractivity contribution in [1.29, 1.82) is 0 Å². The van der Waals surface area contributed by atoms with Gasteiger partial charge in [-0.2, -0.15) is 0 Å². The highest BCUT2D eigenvalue weighted by molar-refractivity contribution is 7.13. The lowest BCUT2D eigenvalue weighted by Gasteiger charge is -2.02. The summed E-state index contributed by atoms with van der Waals surface area (Å²) in [5.74, 6) is 0. The number of nitrogens with zero attached hydrogens (tertiary/aromatic N) is 3. The van der Waals surface area contributed by atoms with E-state index in [9.17, 15) is 0 Å². The van der Waals surface area contributed by atoms with Gasteiger partial charge in [0.05, 0.1) is 23.9 Å². The summed E-state index contributed by atoms with van der Waals surface area (Å²) >= 11 is 1.62. The zero-order valence-electron chi connectivity index (χ0n) is 8.68. The van der Waals surface area contributed by atoms with Gasteiger partial charge in [-0.3, -0.25) is 0 Å². The topological polar surface area (TPSA) is 56.7 Å². The van der Waals surface area contributed by atoms with E-state index in [1.165, 1.54) is 0 Å². The molecule has 0 aliphatic rings. The number of imidazole rings is 1. The molecule has 0 aliphatic heterocycles. The first-order chi connectivity index (χ1) is 7.35. The van der Waals surface area contributed by atoms with Crippen LogP contribution in [0.15, 0.2) is 17.9 Å². The maximum atomic E-state index is 5.54. The summed E-state index contributed by atoms with van der Waals surface area (Å²) in [6, 6.07) is 0. The molecule has 0 aliphatic carbocycles. The Kier molecular flexibility index (Phi) is 3.13. The van der Waals surface area contributed by atoms with Crippen LogP contribution in [0.3, 0.4) is 0 Å². The molecule has 2 N–H and O–H groups in total. The van der Waals surface area contributed by atoms with E-state index in [-0.39, 0.29) is 0 Å². The summed E-state index contributed by atoms with van der Waals surface area (Å²) in [7, 11) is 0. The van der Waals surface area contributed by atoms with E-state index in [4.69, 9.17) is 5.73 Å². The Labute approximate surface area is 92.8 Å². The van der Waals surface area contributed by atoms with Crippen molar-refractivity contribution in [2.24, 2.45) is 5.73 Å². The molecule has 5 heteroatoms. The average Bonchev–Trinajstić information content (AvgIpc) is 2.85. The standard InChI is InChI=1S/C10H14N4S/c1-2-3-14-7-12-5-9(14)10-13-8(4-11)6-15-10/h5-7H,2-4,11H2,1H3. The van der Waals surface area contributed by atoms with E-state index < -0.39 is 0 Å². The minimum absolute atomic E-state index is 0.498. The fraction of sp³-hybridized carbons (Fsp3) is 0.400. The second kappa shape index (κ2) is 4.55. The number of nitrogens with two attached hydrogens (primary N) is 1. The maximum Gasteiger partial charge on any atom is 0.141 e. The Morgan fingerprint density at radius 2 is 2.40 bits per heavy atom. The van der Waals surface area contributed by atoms with E-state index in [1.54, 1.807) is 11.3 Å². The Hall–Kier alpha value is -1.20. The van der Waals surface area contributed by atoms with Gasteiger partial charge in [0.15, 0.2) is 0 Å². The molecule has 0 spiro atoms. The summed E-state index contributed by atoms with van der Waals surface area (Å²) in [5, 5.41) is 3.00. The van der Waals surface area contributed by atoms with Crippen LogP contribution in [-0.2, 0) is 13.1 Å². The molecule has 2 heterocycles. The average molecular weight is 222 g/mol. The van der Waals surface area contributed by atoms with Crippen molar-refractivity contribution < 1.29 is 0 Å². The Bertz CT molecular complexity index is 432. The van der Waals surface area contributed by atoms with Gasteiger partial charge in [0.2, 0.25) is 0 Å². The van der Waals surface area contributed by atoms with Crippen LogP contribution in [0.4, 0.5) is 0 Å². The van der Waals surface area contributed by atoms with Gasteiger partial charge < -0.3 is 10.3 Å². The highest BCUT2D eigenvalue weighted by atomic mass is 32.1. The number of hydrogen-bond acceptors (Lipinski definition) is 4. The van der Waals surface area contributed by atoms with Crippen LogP contribution in [0, 0.1) is 0 Å². The third-order valence-electron chi connectivity index (χ3n) is 2.16. The van der Waals surface area contributed by atoms with Crippen molar-refractivity contribution >= 4 is 11.3 Å². The normalized spacial score (nSPS) is 10.8. The molecule has 0 radical (unpaired) electrons. The second-order valence-electron chi connectivity index (χ2n) is 3.32. The van der Waals surface area contributed by atoms with Gasteiger partial charge in [0.1, 0.15) is 5.01 Å². The fourth-order valence-corrected chi connectivity index (χ4v) is 2.29. The SMILES string of the molecule is CCCn1cncc1-c1nc(CN)cs1. The van der Waals surface area contributed by atoms with E-state index in [0.717, 1.165) is 29.4 Å². The number of thiazole rings is 1. The molecule has 0 saturated carbocycles. The van der Waals surface area contributed by atoms with Gasteiger partial charge in [-0.25, -0.2) is 9.97 Å². The molecule has 2 rings (SSSR count). The van der Waals surface area contributed by atoms with Crippen molar-refractivity contribution in [3.8, 4) is 10.7 Å². The van der Waals surface area contributed by atoms with E-state index >= 15 is 0 Å². The largest absolute Gasteiger partial charge is 0.329 e. The van der Waals surface area contributed by atoms with Gasteiger partial charge in [0.25, 0.3) is 0 Å². The predicted octanol–water partition coefficient (Wildman–Crippen LogP) is 1.88. The monoisotopic (exact) mass is 222 g/mol. The van der Waals surface area contributed by atoms with Gasteiger partial charge in [-0.15, -0.1) is 11.3 Å². The zero-order valence-corrected chi connectivity index (χ0v) is 9.50. The Morgan fingerprint density at radius 3 is 3.07 bits per heavy atom. The molecule has 2 aromatic rings. The lowest BCUT2D eigenvalue weighted by atomic mass is 10.4. The molecule has 0 aromatic carbocycles. The summed E-state index contributed by atoms with van der Waals surface area (Å²) in [4.78, 5) is 8.60. The molecule has 0 atom stereocenters. The van der Waals surface area contributed by atoms with Gasteiger partial charge in [0, 0.05) is 18.5 Å². The molecule has 0 amide bonds. The number of aryl methyl sites for hydroxylation is 1. The van der Waals surface area contributed by atoms with Crippen molar-refractivity contribution in [3.05, 3.63) is 23.6 Å². The van der Waals surface area contributed by atoms with Crippen molar-refractivity contribution in [3.63, 3.8) is 0 Å². The summed E-state index contributed by atoms with van der Waals surface area (Å²) in [6.07, 6.45) is 4.80. The van der Waals surface area contributed by atoms with Crippen LogP contribution in [0.1, 0.15) is 19.0 Å². The van der Waals surface area contributed by atoms with Gasteiger partial charge >= 0.3 is 0 Å².